The van der Waals surface area contributed by atoms with E-state index in [2.05, 4.69) is 4.74 Å². The molecule has 0 saturated carbocycles. The minimum Gasteiger partial charge on any atom is -0.465 e. The molecule has 0 spiro atoms. The van der Waals surface area contributed by atoms with Gasteiger partial charge in [-0.3, -0.25) is 0 Å². The molecule has 0 amide bonds. The quantitative estimate of drug-likeness (QED) is 0.413. The highest BCUT2D eigenvalue weighted by Gasteiger charge is 2.08. The number of hydrogen-bond acceptors (Lipinski definition) is 3. The van der Waals surface area contributed by atoms with Gasteiger partial charge in [0.2, 0.25) is 0 Å². The summed E-state index contributed by atoms with van der Waals surface area (Å²) in [6.07, 6.45) is 0. The summed E-state index contributed by atoms with van der Waals surface area (Å²) >= 11 is 1.41. The van der Waals surface area contributed by atoms with E-state index in [0.29, 0.717) is 4.88 Å². The topological polar surface area (TPSA) is 26.3 Å². The molecule has 0 bridgehead atoms. The third-order valence-corrected chi connectivity index (χ3v) is 2.23. The maximum atomic E-state index is 10.9. The molecule has 0 aliphatic rings. The maximum Gasteiger partial charge on any atom is 0.347 e. The molecule has 1 aromatic rings. The second-order valence-electron chi connectivity index (χ2n) is 1.92. The SMILES string of the molecule is Bc1ccsc1C(=O)OC. The number of methoxy groups -OCH3 is 1. The summed E-state index contributed by atoms with van der Waals surface area (Å²) in [5.74, 6) is -0.243. The van der Waals surface area contributed by atoms with E-state index in [-0.39, 0.29) is 5.97 Å². The maximum absolute atomic E-state index is 10.9. The number of carbonyl (C=O) groups is 1. The third-order valence-electron chi connectivity index (χ3n) is 1.23. The van der Waals surface area contributed by atoms with Gasteiger partial charge in [-0.2, -0.15) is 0 Å². The fourth-order valence-corrected chi connectivity index (χ4v) is 1.52. The number of carbonyl (C=O) groups excluding carboxylic acids is 1. The molecule has 0 radical (unpaired) electrons. The highest BCUT2D eigenvalue weighted by Crippen LogP contribution is 2.05. The van der Waals surface area contributed by atoms with E-state index in [1.54, 1.807) is 0 Å². The molecular weight excluding hydrogens is 147 g/mol. The smallest absolute Gasteiger partial charge is 0.347 e. The zero-order chi connectivity index (χ0) is 7.56. The van der Waals surface area contributed by atoms with Crippen LogP contribution in [0.2, 0.25) is 0 Å². The Balaban J connectivity index is 2.93. The first-order chi connectivity index (χ1) is 4.75. The molecule has 4 heteroatoms. The van der Waals surface area contributed by atoms with E-state index in [9.17, 15) is 4.79 Å². The number of esters is 1. The van der Waals surface area contributed by atoms with Crippen molar-refractivity contribution in [1.82, 2.24) is 0 Å². The fourth-order valence-electron chi connectivity index (χ4n) is 0.675. The highest BCUT2D eigenvalue weighted by atomic mass is 32.1. The van der Waals surface area contributed by atoms with Gasteiger partial charge < -0.3 is 4.74 Å². The van der Waals surface area contributed by atoms with Crippen LogP contribution in [0.3, 0.4) is 0 Å². The Morgan fingerprint density at radius 1 is 1.80 bits per heavy atom. The molecular formula is C6H7BO2S. The molecule has 0 unspecified atom stereocenters. The van der Waals surface area contributed by atoms with Crippen LogP contribution in [0.25, 0.3) is 0 Å². The Morgan fingerprint density at radius 3 is 2.90 bits per heavy atom. The fraction of sp³-hybridized carbons (Fsp3) is 0.167. The minimum atomic E-state index is -0.243. The normalized spacial score (nSPS) is 9.30. The predicted octanol–water partition coefficient (Wildman–Crippen LogP) is -0.207. The van der Waals surface area contributed by atoms with Crippen LogP contribution < -0.4 is 5.46 Å². The highest BCUT2D eigenvalue weighted by molar-refractivity contribution is 7.13. The lowest BCUT2D eigenvalue weighted by Crippen LogP contribution is -2.11. The Bertz CT molecular complexity index is 244. The lowest BCUT2D eigenvalue weighted by Gasteiger charge is -1.94. The molecule has 1 heterocycles. The van der Waals surface area contributed by atoms with Crippen LogP contribution in [-0.2, 0) is 4.74 Å². The van der Waals surface area contributed by atoms with Crippen molar-refractivity contribution in [2.75, 3.05) is 7.11 Å². The van der Waals surface area contributed by atoms with E-state index in [0.717, 1.165) is 5.46 Å². The largest absolute Gasteiger partial charge is 0.465 e. The van der Waals surface area contributed by atoms with Gasteiger partial charge in [-0.05, 0) is 5.38 Å². The van der Waals surface area contributed by atoms with Crippen LogP contribution in [0.5, 0.6) is 0 Å². The van der Waals surface area contributed by atoms with E-state index >= 15 is 0 Å². The summed E-state index contributed by atoms with van der Waals surface area (Å²) in [5.41, 5.74) is 0.983. The molecule has 0 aliphatic carbocycles. The van der Waals surface area contributed by atoms with Crippen molar-refractivity contribution in [3.8, 4) is 0 Å². The van der Waals surface area contributed by atoms with Crippen molar-refractivity contribution in [1.29, 1.82) is 0 Å². The average Bonchev–Trinajstić information content (AvgIpc) is 2.34. The molecule has 1 aromatic heterocycles. The van der Waals surface area contributed by atoms with Gasteiger partial charge in [0.1, 0.15) is 12.7 Å². The molecule has 10 heavy (non-hydrogen) atoms. The van der Waals surface area contributed by atoms with Gasteiger partial charge in [-0.15, -0.1) is 11.3 Å². The summed E-state index contributed by atoms with van der Waals surface area (Å²) in [6.45, 7) is 0. The van der Waals surface area contributed by atoms with Gasteiger partial charge in [0.05, 0.1) is 7.11 Å². The Labute approximate surface area is 64.2 Å². The van der Waals surface area contributed by atoms with Crippen LogP contribution in [0.15, 0.2) is 11.4 Å². The summed E-state index contributed by atoms with van der Waals surface area (Å²) in [6, 6.07) is 1.90. The zero-order valence-electron chi connectivity index (χ0n) is 5.88. The molecule has 0 aliphatic heterocycles. The second-order valence-corrected chi connectivity index (χ2v) is 2.84. The summed E-state index contributed by atoms with van der Waals surface area (Å²) in [4.78, 5) is 11.6. The van der Waals surface area contributed by atoms with E-state index < -0.39 is 0 Å². The monoisotopic (exact) mass is 154 g/mol. The number of thiophene rings is 1. The molecule has 0 fully saturated rings. The van der Waals surface area contributed by atoms with E-state index in [1.165, 1.54) is 18.4 Å². The average molecular weight is 154 g/mol. The first-order valence-corrected chi connectivity index (χ1v) is 3.76. The third kappa shape index (κ3) is 1.21. The zero-order valence-corrected chi connectivity index (χ0v) is 6.70. The summed E-state index contributed by atoms with van der Waals surface area (Å²) in [7, 11) is 3.28. The van der Waals surface area contributed by atoms with Gasteiger partial charge in [0, 0.05) is 0 Å². The van der Waals surface area contributed by atoms with Crippen LogP contribution in [0.1, 0.15) is 9.67 Å². The molecule has 2 nitrogen and oxygen atoms in total. The molecule has 0 aromatic carbocycles. The second kappa shape index (κ2) is 2.88. The molecule has 52 valence electrons. The Kier molecular flexibility index (Phi) is 2.11. The molecule has 0 saturated heterocycles. The number of rotatable bonds is 1. The molecule has 0 atom stereocenters. The van der Waals surface area contributed by atoms with Crippen molar-refractivity contribution < 1.29 is 9.53 Å². The van der Waals surface area contributed by atoms with E-state index in [4.69, 9.17) is 0 Å². The lowest BCUT2D eigenvalue weighted by atomic mass is 9.97. The number of ether oxygens (including phenoxy) is 1. The standard InChI is InChI=1S/C6H7BO2S/c1-9-6(8)5-4(7)2-3-10-5/h2-3H,7H2,1H3. The van der Waals surface area contributed by atoms with Crippen LogP contribution in [-0.4, -0.2) is 20.9 Å². The van der Waals surface area contributed by atoms with Gasteiger partial charge >= 0.3 is 5.97 Å². The van der Waals surface area contributed by atoms with Crippen LogP contribution in [0.4, 0.5) is 0 Å². The van der Waals surface area contributed by atoms with Gasteiger partial charge in [0.25, 0.3) is 0 Å². The molecule has 0 N–H and O–H groups in total. The molecule has 1 rings (SSSR count). The first kappa shape index (κ1) is 7.34. The van der Waals surface area contributed by atoms with Gasteiger partial charge in [0.15, 0.2) is 0 Å². The minimum absolute atomic E-state index is 0.243. The predicted molar refractivity (Wildman–Crippen MR) is 43.8 cm³/mol. The Hall–Kier alpha value is -0.765. The van der Waals surface area contributed by atoms with Crippen molar-refractivity contribution in [3.05, 3.63) is 16.3 Å². The first-order valence-electron chi connectivity index (χ1n) is 2.88. The van der Waals surface area contributed by atoms with Gasteiger partial charge in [-0.1, -0.05) is 11.5 Å². The van der Waals surface area contributed by atoms with Crippen molar-refractivity contribution in [2.45, 2.75) is 0 Å². The van der Waals surface area contributed by atoms with Crippen LogP contribution in [0, 0.1) is 0 Å². The number of hydrogen-bond donors (Lipinski definition) is 0. The van der Waals surface area contributed by atoms with E-state index in [1.807, 2.05) is 19.3 Å². The van der Waals surface area contributed by atoms with Gasteiger partial charge in [-0.25, -0.2) is 4.79 Å². The van der Waals surface area contributed by atoms with Crippen molar-refractivity contribution in [2.24, 2.45) is 0 Å². The van der Waals surface area contributed by atoms with Crippen molar-refractivity contribution in [3.63, 3.8) is 0 Å². The summed E-state index contributed by atoms with van der Waals surface area (Å²) < 4.78 is 4.55. The summed E-state index contributed by atoms with van der Waals surface area (Å²) in [5, 5.41) is 1.88. The van der Waals surface area contributed by atoms with Crippen LogP contribution >= 0.6 is 11.3 Å². The Morgan fingerprint density at radius 2 is 2.50 bits per heavy atom. The van der Waals surface area contributed by atoms with Crippen molar-refractivity contribution >= 4 is 30.6 Å². The lowest BCUT2D eigenvalue weighted by molar-refractivity contribution is 0.0608.